The van der Waals surface area contributed by atoms with E-state index in [4.69, 9.17) is 27.6 Å². The van der Waals surface area contributed by atoms with Gasteiger partial charge in [0.1, 0.15) is 5.76 Å². The average molecular weight is 480 g/mol. The van der Waals surface area contributed by atoms with Crippen LogP contribution in [0.25, 0.3) is 11.5 Å². The molecule has 0 radical (unpaired) electrons. The Balaban J connectivity index is 1.42. The van der Waals surface area contributed by atoms with E-state index in [9.17, 15) is 8.42 Å². The van der Waals surface area contributed by atoms with Gasteiger partial charge >= 0.3 is 0 Å². The summed E-state index contributed by atoms with van der Waals surface area (Å²) in [4.78, 5) is 7.05. The fraction of sp³-hybridized carbons (Fsp3) is 0.318. The summed E-state index contributed by atoms with van der Waals surface area (Å²) in [7, 11) is -3.57. The van der Waals surface area contributed by atoms with E-state index < -0.39 is 10.0 Å². The molecule has 1 aromatic heterocycles. The van der Waals surface area contributed by atoms with Crippen molar-refractivity contribution in [2.24, 2.45) is 0 Å². The Bertz CT molecular complexity index is 1200. The monoisotopic (exact) mass is 479 g/mol. The third kappa shape index (κ3) is 4.81. The SMILES string of the molecule is Cc1ccc(S(=O)(=O)N2CCN(Cc3nc(-c4cccc(Cl)c4)oc3C)CC2)cc1Cl. The third-order valence-electron chi connectivity index (χ3n) is 5.45. The fourth-order valence-corrected chi connectivity index (χ4v) is 5.43. The second kappa shape index (κ2) is 8.92. The number of hydrogen-bond donors (Lipinski definition) is 0. The molecule has 0 saturated carbocycles. The van der Waals surface area contributed by atoms with Crippen molar-refractivity contribution in [1.82, 2.24) is 14.2 Å². The highest BCUT2D eigenvalue weighted by molar-refractivity contribution is 7.89. The fourth-order valence-electron chi connectivity index (χ4n) is 3.54. The Kier molecular flexibility index (Phi) is 6.42. The van der Waals surface area contributed by atoms with Gasteiger partial charge in [-0.25, -0.2) is 13.4 Å². The van der Waals surface area contributed by atoms with E-state index in [1.165, 1.54) is 10.4 Å². The predicted molar refractivity (Wildman–Crippen MR) is 122 cm³/mol. The molecule has 9 heteroatoms. The van der Waals surface area contributed by atoms with Gasteiger partial charge in [-0.1, -0.05) is 35.3 Å². The zero-order chi connectivity index (χ0) is 22.2. The molecule has 0 bridgehead atoms. The van der Waals surface area contributed by atoms with Gasteiger partial charge in [0.15, 0.2) is 0 Å². The number of benzene rings is 2. The first kappa shape index (κ1) is 22.3. The van der Waals surface area contributed by atoms with Gasteiger partial charge in [-0.3, -0.25) is 4.90 Å². The molecule has 4 rings (SSSR count). The van der Waals surface area contributed by atoms with Gasteiger partial charge in [-0.05, 0) is 49.7 Å². The topological polar surface area (TPSA) is 66.7 Å². The predicted octanol–water partition coefficient (Wildman–Crippen LogP) is 4.77. The summed E-state index contributed by atoms with van der Waals surface area (Å²) in [6.45, 7) is 6.37. The molecule has 6 nitrogen and oxygen atoms in total. The van der Waals surface area contributed by atoms with Crippen molar-refractivity contribution >= 4 is 33.2 Å². The summed E-state index contributed by atoms with van der Waals surface area (Å²) < 4.78 is 33.3. The Morgan fingerprint density at radius 2 is 1.77 bits per heavy atom. The maximum absolute atomic E-state index is 13.0. The van der Waals surface area contributed by atoms with Crippen LogP contribution in [0.4, 0.5) is 0 Å². The quantitative estimate of drug-likeness (QED) is 0.526. The van der Waals surface area contributed by atoms with Crippen LogP contribution in [-0.4, -0.2) is 48.8 Å². The molecule has 0 N–H and O–H groups in total. The smallest absolute Gasteiger partial charge is 0.243 e. The molecule has 1 fully saturated rings. The second-order valence-corrected chi connectivity index (χ2v) is 10.4. The van der Waals surface area contributed by atoms with Crippen molar-refractivity contribution in [1.29, 1.82) is 0 Å². The van der Waals surface area contributed by atoms with E-state index in [-0.39, 0.29) is 4.90 Å². The number of sulfonamides is 1. The average Bonchev–Trinajstić information content (AvgIpc) is 3.11. The molecule has 2 heterocycles. The van der Waals surface area contributed by atoms with E-state index in [1.807, 2.05) is 32.0 Å². The molecule has 0 spiro atoms. The normalized spacial score (nSPS) is 16.0. The van der Waals surface area contributed by atoms with Crippen molar-refractivity contribution in [2.45, 2.75) is 25.3 Å². The molecule has 1 saturated heterocycles. The minimum absolute atomic E-state index is 0.232. The highest BCUT2D eigenvalue weighted by atomic mass is 35.5. The molecule has 1 aliphatic rings. The second-order valence-electron chi connectivity index (χ2n) is 7.62. The van der Waals surface area contributed by atoms with Crippen LogP contribution >= 0.6 is 23.2 Å². The first-order chi connectivity index (χ1) is 14.7. The van der Waals surface area contributed by atoms with Crippen molar-refractivity contribution in [3.8, 4) is 11.5 Å². The van der Waals surface area contributed by atoms with Crippen LogP contribution in [0.15, 0.2) is 51.8 Å². The minimum atomic E-state index is -3.57. The van der Waals surface area contributed by atoms with Crippen molar-refractivity contribution in [3.05, 3.63) is 69.5 Å². The lowest BCUT2D eigenvalue weighted by atomic mass is 10.2. The molecule has 164 valence electrons. The molecule has 2 aromatic carbocycles. The first-order valence-corrected chi connectivity index (χ1v) is 12.1. The van der Waals surface area contributed by atoms with Crippen LogP contribution in [-0.2, 0) is 16.6 Å². The molecule has 3 aromatic rings. The number of rotatable bonds is 5. The van der Waals surface area contributed by atoms with Crippen LogP contribution in [0.1, 0.15) is 17.0 Å². The van der Waals surface area contributed by atoms with Gasteiger partial charge in [0.2, 0.25) is 15.9 Å². The van der Waals surface area contributed by atoms with E-state index >= 15 is 0 Å². The molecule has 0 atom stereocenters. The maximum Gasteiger partial charge on any atom is 0.243 e. The van der Waals surface area contributed by atoms with E-state index in [2.05, 4.69) is 9.88 Å². The molecule has 0 amide bonds. The van der Waals surface area contributed by atoms with Crippen LogP contribution in [0, 0.1) is 13.8 Å². The standard InChI is InChI=1S/C22H23Cl2N3O3S/c1-15-6-7-19(13-20(15)24)31(28,29)27-10-8-26(9-11-27)14-21-16(2)30-22(25-21)17-4-3-5-18(23)12-17/h3-7,12-13H,8-11,14H2,1-2H3. The van der Waals surface area contributed by atoms with Crippen molar-refractivity contribution in [3.63, 3.8) is 0 Å². The van der Waals surface area contributed by atoms with E-state index in [0.717, 1.165) is 22.6 Å². The van der Waals surface area contributed by atoms with Crippen molar-refractivity contribution < 1.29 is 12.8 Å². The largest absolute Gasteiger partial charge is 0.441 e. The summed E-state index contributed by atoms with van der Waals surface area (Å²) in [5.41, 5.74) is 2.52. The number of hydrogen-bond acceptors (Lipinski definition) is 5. The number of nitrogens with zero attached hydrogens (tertiary/aromatic N) is 3. The molecule has 31 heavy (non-hydrogen) atoms. The summed E-state index contributed by atoms with van der Waals surface area (Å²) in [6, 6.07) is 12.3. The molecular formula is C22H23Cl2N3O3S. The minimum Gasteiger partial charge on any atom is -0.441 e. The van der Waals surface area contributed by atoms with Gasteiger partial charge in [-0.2, -0.15) is 4.31 Å². The maximum atomic E-state index is 13.0. The van der Waals surface area contributed by atoms with Gasteiger partial charge in [-0.15, -0.1) is 0 Å². The van der Waals surface area contributed by atoms with Crippen molar-refractivity contribution in [2.75, 3.05) is 26.2 Å². The van der Waals surface area contributed by atoms with Crippen LogP contribution < -0.4 is 0 Å². The van der Waals surface area contributed by atoms with Crippen LogP contribution in [0.2, 0.25) is 10.0 Å². The summed E-state index contributed by atoms with van der Waals surface area (Å²) in [5, 5.41) is 1.08. The van der Waals surface area contributed by atoms with Gasteiger partial charge in [0, 0.05) is 48.3 Å². The zero-order valence-electron chi connectivity index (χ0n) is 17.3. The third-order valence-corrected chi connectivity index (χ3v) is 7.99. The number of oxazole rings is 1. The Hall–Kier alpha value is -1.90. The van der Waals surface area contributed by atoms with Gasteiger partial charge in [0.05, 0.1) is 10.6 Å². The van der Waals surface area contributed by atoms with E-state index in [1.54, 1.807) is 18.2 Å². The van der Waals surface area contributed by atoms with Gasteiger partial charge < -0.3 is 4.42 Å². The number of piperazine rings is 1. The summed E-state index contributed by atoms with van der Waals surface area (Å²) in [5.74, 6) is 1.28. The molecular weight excluding hydrogens is 457 g/mol. The highest BCUT2D eigenvalue weighted by Crippen LogP contribution is 2.26. The molecule has 0 unspecified atom stereocenters. The Morgan fingerprint density at radius 1 is 1.03 bits per heavy atom. The highest BCUT2D eigenvalue weighted by Gasteiger charge is 2.29. The lowest BCUT2D eigenvalue weighted by Gasteiger charge is -2.33. The lowest BCUT2D eigenvalue weighted by Crippen LogP contribution is -2.48. The number of halogens is 2. The zero-order valence-corrected chi connectivity index (χ0v) is 19.6. The van der Waals surface area contributed by atoms with Gasteiger partial charge in [0.25, 0.3) is 0 Å². The lowest BCUT2D eigenvalue weighted by molar-refractivity contribution is 0.179. The molecule has 1 aliphatic heterocycles. The Morgan fingerprint density at radius 3 is 2.45 bits per heavy atom. The van der Waals surface area contributed by atoms with E-state index in [0.29, 0.717) is 48.7 Å². The molecule has 0 aliphatic carbocycles. The first-order valence-electron chi connectivity index (χ1n) is 9.95. The summed E-state index contributed by atoms with van der Waals surface area (Å²) in [6.07, 6.45) is 0. The van der Waals surface area contributed by atoms with Crippen LogP contribution in [0.5, 0.6) is 0 Å². The Labute approximate surface area is 192 Å². The number of aryl methyl sites for hydroxylation is 2. The van der Waals surface area contributed by atoms with Crippen LogP contribution in [0.3, 0.4) is 0 Å². The summed E-state index contributed by atoms with van der Waals surface area (Å²) >= 11 is 12.2. The number of aromatic nitrogens is 1.